The summed E-state index contributed by atoms with van der Waals surface area (Å²) in [6.45, 7) is 3.46. The van der Waals surface area contributed by atoms with Crippen molar-refractivity contribution in [3.63, 3.8) is 0 Å². The van der Waals surface area contributed by atoms with Gasteiger partial charge in [-0.2, -0.15) is 11.8 Å². The Hall–Kier alpha value is -0.510. The first-order valence-corrected chi connectivity index (χ1v) is 6.42. The molecule has 0 radical (unpaired) electrons. The number of rotatable bonds is 3. The summed E-state index contributed by atoms with van der Waals surface area (Å²) < 4.78 is 0. The Morgan fingerprint density at radius 1 is 1.33 bits per heavy atom. The minimum Gasteiger partial charge on any atom is -0.395 e. The van der Waals surface area contributed by atoms with E-state index in [1.807, 2.05) is 17.8 Å². The zero-order chi connectivity index (χ0) is 10.5. The number of aliphatic hydroxyl groups is 1. The van der Waals surface area contributed by atoms with E-state index in [1.54, 1.807) is 0 Å². The van der Waals surface area contributed by atoms with Gasteiger partial charge in [0.25, 0.3) is 0 Å². The third-order valence-electron chi connectivity index (χ3n) is 2.68. The van der Waals surface area contributed by atoms with E-state index in [0.717, 1.165) is 25.4 Å². The van der Waals surface area contributed by atoms with Crippen LogP contribution in [-0.4, -0.2) is 40.7 Å². The molecule has 2 nitrogen and oxygen atoms in total. The van der Waals surface area contributed by atoms with Crippen molar-refractivity contribution in [2.75, 3.05) is 25.4 Å². The highest BCUT2D eigenvalue weighted by Gasteiger charge is 2.19. The molecule has 82 valence electrons. The summed E-state index contributed by atoms with van der Waals surface area (Å²) >= 11 is 1.89. The standard InChI is InChI=1S/C12H17NOS/c14-10-12-9-13(6-7-15-12)8-11-4-2-1-3-5-11/h1-5,12,14H,6-10H2/t12-/m0/s1. The average Bonchev–Trinajstić information content (AvgIpc) is 2.31. The lowest BCUT2D eigenvalue weighted by Gasteiger charge is -2.31. The number of benzene rings is 1. The molecule has 1 aliphatic rings. The van der Waals surface area contributed by atoms with Crippen molar-refractivity contribution < 1.29 is 5.11 Å². The Labute approximate surface area is 95.3 Å². The molecule has 1 aromatic carbocycles. The van der Waals surface area contributed by atoms with Crippen LogP contribution in [-0.2, 0) is 6.54 Å². The van der Waals surface area contributed by atoms with E-state index in [9.17, 15) is 0 Å². The highest BCUT2D eigenvalue weighted by molar-refractivity contribution is 8.00. The lowest BCUT2D eigenvalue weighted by atomic mass is 10.2. The summed E-state index contributed by atoms with van der Waals surface area (Å²) in [4.78, 5) is 2.42. The topological polar surface area (TPSA) is 23.5 Å². The Kier molecular flexibility index (Phi) is 4.06. The predicted octanol–water partition coefficient (Wildman–Crippen LogP) is 1.60. The van der Waals surface area contributed by atoms with Crippen LogP contribution < -0.4 is 0 Å². The molecule has 1 aliphatic heterocycles. The Morgan fingerprint density at radius 2 is 2.13 bits per heavy atom. The van der Waals surface area contributed by atoms with Crippen LogP contribution in [0, 0.1) is 0 Å². The Balaban J connectivity index is 1.89. The van der Waals surface area contributed by atoms with Gasteiger partial charge in [-0.15, -0.1) is 0 Å². The minimum absolute atomic E-state index is 0.302. The molecule has 0 aromatic heterocycles. The zero-order valence-electron chi connectivity index (χ0n) is 8.80. The number of thioether (sulfide) groups is 1. The van der Waals surface area contributed by atoms with E-state index in [1.165, 1.54) is 5.56 Å². The second kappa shape index (κ2) is 5.54. The van der Waals surface area contributed by atoms with Gasteiger partial charge in [0.05, 0.1) is 6.61 Å². The highest BCUT2D eigenvalue weighted by Crippen LogP contribution is 2.19. The summed E-state index contributed by atoms with van der Waals surface area (Å²) in [5.41, 5.74) is 1.36. The van der Waals surface area contributed by atoms with E-state index in [4.69, 9.17) is 5.11 Å². The normalized spacial score (nSPS) is 22.9. The first-order valence-electron chi connectivity index (χ1n) is 5.37. The Bertz CT molecular complexity index is 291. The molecule has 3 heteroatoms. The molecule has 0 amide bonds. The van der Waals surface area contributed by atoms with Crippen molar-refractivity contribution in [3.8, 4) is 0 Å². The van der Waals surface area contributed by atoms with Crippen LogP contribution in [0.1, 0.15) is 5.56 Å². The summed E-state index contributed by atoms with van der Waals surface area (Å²) in [6.07, 6.45) is 0. The number of hydrogen-bond donors (Lipinski definition) is 1. The van der Waals surface area contributed by atoms with Crippen molar-refractivity contribution in [1.82, 2.24) is 4.90 Å². The van der Waals surface area contributed by atoms with Crippen molar-refractivity contribution in [2.45, 2.75) is 11.8 Å². The summed E-state index contributed by atoms with van der Waals surface area (Å²) in [6, 6.07) is 10.5. The molecule has 0 saturated carbocycles. The van der Waals surface area contributed by atoms with Crippen molar-refractivity contribution in [3.05, 3.63) is 35.9 Å². The molecule has 1 fully saturated rings. The largest absolute Gasteiger partial charge is 0.395 e. The number of nitrogens with zero attached hydrogens (tertiary/aromatic N) is 1. The second-order valence-electron chi connectivity index (χ2n) is 3.90. The quantitative estimate of drug-likeness (QED) is 0.842. The van der Waals surface area contributed by atoms with Crippen LogP contribution in [0.2, 0.25) is 0 Å². The molecule has 1 aromatic rings. The maximum atomic E-state index is 9.13. The van der Waals surface area contributed by atoms with Gasteiger partial charge in [0, 0.05) is 30.6 Å². The molecular formula is C12H17NOS. The van der Waals surface area contributed by atoms with Crippen LogP contribution in [0.5, 0.6) is 0 Å². The fraction of sp³-hybridized carbons (Fsp3) is 0.500. The van der Waals surface area contributed by atoms with E-state index in [-0.39, 0.29) is 0 Å². The SMILES string of the molecule is OC[C@@H]1CN(Cc2ccccc2)CCS1. The Morgan fingerprint density at radius 3 is 2.87 bits per heavy atom. The van der Waals surface area contributed by atoms with Gasteiger partial charge in [-0.25, -0.2) is 0 Å². The van der Waals surface area contributed by atoms with Gasteiger partial charge < -0.3 is 5.11 Å². The van der Waals surface area contributed by atoms with Gasteiger partial charge in [0.2, 0.25) is 0 Å². The highest BCUT2D eigenvalue weighted by atomic mass is 32.2. The molecule has 1 N–H and O–H groups in total. The zero-order valence-corrected chi connectivity index (χ0v) is 9.62. The number of hydrogen-bond acceptors (Lipinski definition) is 3. The number of aliphatic hydroxyl groups excluding tert-OH is 1. The van der Waals surface area contributed by atoms with Crippen molar-refractivity contribution in [1.29, 1.82) is 0 Å². The van der Waals surface area contributed by atoms with Gasteiger partial charge in [0.1, 0.15) is 0 Å². The van der Waals surface area contributed by atoms with Crippen LogP contribution >= 0.6 is 11.8 Å². The van der Waals surface area contributed by atoms with Gasteiger partial charge in [-0.3, -0.25) is 4.90 Å². The predicted molar refractivity (Wildman–Crippen MR) is 65.1 cm³/mol. The summed E-state index contributed by atoms with van der Waals surface area (Å²) in [5.74, 6) is 1.14. The second-order valence-corrected chi connectivity index (χ2v) is 5.30. The van der Waals surface area contributed by atoms with Gasteiger partial charge in [-0.1, -0.05) is 30.3 Å². The third-order valence-corrected chi connectivity index (χ3v) is 3.86. The first kappa shape index (κ1) is 11.0. The molecule has 15 heavy (non-hydrogen) atoms. The first-order chi connectivity index (χ1) is 7.38. The molecule has 1 heterocycles. The maximum Gasteiger partial charge on any atom is 0.0562 e. The van der Waals surface area contributed by atoms with Gasteiger partial charge >= 0.3 is 0 Å². The smallest absolute Gasteiger partial charge is 0.0562 e. The fourth-order valence-electron chi connectivity index (χ4n) is 1.88. The van der Waals surface area contributed by atoms with Crippen LogP contribution in [0.25, 0.3) is 0 Å². The van der Waals surface area contributed by atoms with E-state index in [0.29, 0.717) is 11.9 Å². The van der Waals surface area contributed by atoms with Crippen molar-refractivity contribution >= 4 is 11.8 Å². The van der Waals surface area contributed by atoms with Crippen molar-refractivity contribution in [2.24, 2.45) is 0 Å². The average molecular weight is 223 g/mol. The lowest BCUT2D eigenvalue weighted by molar-refractivity contribution is 0.225. The van der Waals surface area contributed by atoms with E-state index >= 15 is 0 Å². The molecule has 0 aliphatic carbocycles. The van der Waals surface area contributed by atoms with Gasteiger partial charge in [-0.05, 0) is 5.56 Å². The maximum absolute atomic E-state index is 9.13. The molecule has 0 unspecified atom stereocenters. The third kappa shape index (κ3) is 3.23. The fourth-order valence-corrected chi connectivity index (χ4v) is 2.99. The summed E-state index contributed by atoms with van der Waals surface area (Å²) in [7, 11) is 0. The summed E-state index contributed by atoms with van der Waals surface area (Å²) in [5, 5.41) is 9.53. The van der Waals surface area contributed by atoms with E-state index < -0.39 is 0 Å². The van der Waals surface area contributed by atoms with Gasteiger partial charge in [0.15, 0.2) is 0 Å². The lowest BCUT2D eigenvalue weighted by Crippen LogP contribution is -2.38. The van der Waals surface area contributed by atoms with Crippen LogP contribution in [0.4, 0.5) is 0 Å². The van der Waals surface area contributed by atoms with Crippen LogP contribution in [0.15, 0.2) is 30.3 Å². The molecule has 1 atom stereocenters. The molecular weight excluding hydrogens is 206 g/mol. The van der Waals surface area contributed by atoms with E-state index in [2.05, 4.69) is 29.2 Å². The minimum atomic E-state index is 0.302. The van der Waals surface area contributed by atoms with Crippen LogP contribution in [0.3, 0.4) is 0 Å². The monoisotopic (exact) mass is 223 g/mol. The molecule has 1 saturated heterocycles. The molecule has 0 spiro atoms. The molecule has 2 rings (SSSR count). The molecule has 0 bridgehead atoms.